The van der Waals surface area contributed by atoms with E-state index < -0.39 is 0 Å². The van der Waals surface area contributed by atoms with E-state index in [-0.39, 0.29) is 18.6 Å². The Labute approximate surface area is 143 Å². The van der Waals surface area contributed by atoms with Crippen LogP contribution in [0.25, 0.3) is 0 Å². The van der Waals surface area contributed by atoms with Crippen LogP contribution in [0.2, 0.25) is 0 Å². The van der Waals surface area contributed by atoms with Gasteiger partial charge in [-0.15, -0.1) is 0 Å². The molecule has 0 radical (unpaired) electrons. The first-order chi connectivity index (χ1) is 11.8. The molecule has 0 fully saturated rings. The topological polar surface area (TPSA) is 47.6 Å². The van der Waals surface area contributed by atoms with E-state index in [1.54, 1.807) is 0 Å². The number of benzene rings is 2. The summed E-state index contributed by atoms with van der Waals surface area (Å²) in [5.74, 6) is -0.108. The summed E-state index contributed by atoms with van der Waals surface area (Å²) < 4.78 is 11.2. The highest BCUT2D eigenvalue weighted by atomic mass is 16.5. The van der Waals surface area contributed by atoms with Crippen molar-refractivity contribution in [1.29, 1.82) is 0 Å². The zero-order valence-corrected chi connectivity index (χ0v) is 14.1. The van der Waals surface area contributed by atoms with Gasteiger partial charge < -0.3 is 14.8 Å². The van der Waals surface area contributed by atoms with Gasteiger partial charge in [0, 0.05) is 19.8 Å². The summed E-state index contributed by atoms with van der Waals surface area (Å²) in [5.41, 5.74) is 2.07. The molecule has 0 aliphatic carbocycles. The second kappa shape index (κ2) is 10.6. The molecular formula is C20H25NO3. The molecule has 128 valence electrons. The molecule has 0 aromatic heterocycles. The predicted molar refractivity (Wildman–Crippen MR) is 94.8 cm³/mol. The normalized spacial score (nSPS) is 10.8. The molecule has 0 bridgehead atoms. The van der Waals surface area contributed by atoms with E-state index in [9.17, 15) is 4.79 Å². The minimum absolute atomic E-state index is 0.0308. The Morgan fingerprint density at radius 1 is 1.00 bits per heavy atom. The van der Waals surface area contributed by atoms with Gasteiger partial charge in [-0.25, -0.2) is 0 Å². The van der Waals surface area contributed by atoms with Crippen LogP contribution in [0, 0.1) is 0 Å². The number of nitrogens with one attached hydrogen (secondary N) is 1. The van der Waals surface area contributed by atoms with Crippen LogP contribution >= 0.6 is 0 Å². The lowest BCUT2D eigenvalue weighted by Crippen LogP contribution is -2.29. The van der Waals surface area contributed by atoms with Crippen LogP contribution in [0.15, 0.2) is 60.7 Å². The lowest BCUT2D eigenvalue weighted by molar-refractivity contribution is -0.127. The highest BCUT2D eigenvalue weighted by molar-refractivity contribution is 5.77. The van der Waals surface area contributed by atoms with Gasteiger partial charge >= 0.3 is 0 Å². The van der Waals surface area contributed by atoms with Gasteiger partial charge in [-0.05, 0) is 24.5 Å². The van der Waals surface area contributed by atoms with E-state index in [4.69, 9.17) is 9.47 Å². The van der Waals surface area contributed by atoms with Crippen molar-refractivity contribution in [3.05, 3.63) is 71.8 Å². The average Bonchev–Trinajstić information content (AvgIpc) is 2.63. The van der Waals surface area contributed by atoms with Crippen molar-refractivity contribution in [2.24, 2.45) is 0 Å². The molecule has 0 aliphatic rings. The number of carbonyl (C=O) groups excluding carboxylic acids is 1. The molecule has 4 nitrogen and oxygen atoms in total. The Balaban J connectivity index is 1.89. The van der Waals surface area contributed by atoms with Crippen LogP contribution < -0.4 is 5.32 Å². The molecule has 2 aromatic rings. The third kappa shape index (κ3) is 6.14. The zero-order chi connectivity index (χ0) is 17.0. The first kappa shape index (κ1) is 18.2. The lowest BCUT2D eigenvalue weighted by atomic mass is 10.0. The first-order valence-corrected chi connectivity index (χ1v) is 8.37. The molecule has 1 amide bonds. The van der Waals surface area contributed by atoms with Gasteiger partial charge in [0.25, 0.3) is 0 Å². The standard InChI is InChI=1S/C20H25NO3/c1-2-23-15-9-14-21-19(22)16-24-20(17-10-5-3-6-11-17)18-12-7-4-8-13-18/h3-8,10-13,20H,2,9,14-16H2,1H3,(H,21,22). The third-order valence-corrected chi connectivity index (χ3v) is 3.58. The quantitative estimate of drug-likeness (QED) is 0.681. The number of hydrogen-bond acceptors (Lipinski definition) is 3. The van der Waals surface area contributed by atoms with Crippen molar-refractivity contribution in [3.63, 3.8) is 0 Å². The summed E-state index contributed by atoms with van der Waals surface area (Å²) in [4.78, 5) is 12.0. The highest BCUT2D eigenvalue weighted by Gasteiger charge is 2.15. The summed E-state index contributed by atoms with van der Waals surface area (Å²) in [6.45, 7) is 3.95. The maximum absolute atomic E-state index is 12.0. The number of hydrogen-bond donors (Lipinski definition) is 1. The Morgan fingerprint density at radius 3 is 2.12 bits per heavy atom. The molecule has 0 atom stereocenters. The number of ether oxygens (including phenoxy) is 2. The Hall–Kier alpha value is -2.17. The van der Waals surface area contributed by atoms with Crippen LogP contribution in [0.5, 0.6) is 0 Å². The van der Waals surface area contributed by atoms with Gasteiger partial charge in [0.05, 0.1) is 0 Å². The zero-order valence-electron chi connectivity index (χ0n) is 14.1. The second-order valence-electron chi connectivity index (χ2n) is 5.41. The SMILES string of the molecule is CCOCCCNC(=O)COC(c1ccccc1)c1ccccc1. The minimum atomic E-state index is -0.249. The first-order valence-electron chi connectivity index (χ1n) is 8.37. The van der Waals surface area contributed by atoms with Gasteiger partial charge in [0.15, 0.2) is 0 Å². The van der Waals surface area contributed by atoms with E-state index in [0.717, 1.165) is 17.5 Å². The minimum Gasteiger partial charge on any atom is -0.382 e. The Morgan fingerprint density at radius 2 is 1.58 bits per heavy atom. The largest absolute Gasteiger partial charge is 0.382 e. The number of amides is 1. The van der Waals surface area contributed by atoms with Crippen molar-refractivity contribution in [3.8, 4) is 0 Å². The monoisotopic (exact) mass is 327 g/mol. The maximum Gasteiger partial charge on any atom is 0.246 e. The molecule has 0 saturated carbocycles. The van der Waals surface area contributed by atoms with Gasteiger partial charge in [0.2, 0.25) is 5.91 Å². The van der Waals surface area contributed by atoms with Crippen molar-refractivity contribution < 1.29 is 14.3 Å². The van der Waals surface area contributed by atoms with Gasteiger partial charge in [-0.3, -0.25) is 4.79 Å². The number of rotatable bonds is 10. The van der Waals surface area contributed by atoms with Crippen molar-refractivity contribution in [2.45, 2.75) is 19.4 Å². The van der Waals surface area contributed by atoms with Crippen LogP contribution in [0.4, 0.5) is 0 Å². The molecule has 0 aliphatic heterocycles. The van der Waals surface area contributed by atoms with E-state index in [0.29, 0.717) is 19.8 Å². The number of carbonyl (C=O) groups is 1. The smallest absolute Gasteiger partial charge is 0.246 e. The Bertz CT molecular complexity index is 547. The Kier molecular flexibility index (Phi) is 8.01. The van der Waals surface area contributed by atoms with Gasteiger partial charge in [-0.1, -0.05) is 60.7 Å². The van der Waals surface area contributed by atoms with Crippen molar-refractivity contribution in [1.82, 2.24) is 5.32 Å². The van der Waals surface area contributed by atoms with Crippen LogP contribution in [-0.4, -0.2) is 32.3 Å². The van der Waals surface area contributed by atoms with Crippen molar-refractivity contribution >= 4 is 5.91 Å². The fraction of sp³-hybridized carbons (Fsp3) is 0.350. The van der Waals surface area contributed by atoms with E-state index in [1.165, 1.54) is 0 Å². The fourth-order valence-electron chi connectivity index (χ4n) is 2.40. The van der Waals surface area contributed by atoms with E-state index >= 15 is 0 Å². The molecule has 24 heavy (non-hydrogen) atoms. The average molecular weight is 327 g/mol. The molecule has 0 heterocycles. The maximum atomic E-state index is 12.0. The summed E-state index contributed by atoms with van der Waals surface area (Å²) in [6.07, 6.45) is 0.557. The molecule has 2 rings (SSSR count). The van der Waals surface area contributed by atoms with Crippen LogP contribution in [0.3, 0.4) is 0 Å². The van der Waals surface area contributed by atoms with E-state index in [1.807, 2.05) is 67.6 Å². The summed E-state index contributed by atoms with van der Waals surface area (Å²) in [7, 11) is 0. The van der Waals surface area contributed by atoms with Gasteiger partial charge in [0.1, 0.15) is 12.7 Å². The summed E-state index contributed by atoms with van der Waals surface area (Å²) >= 11 is 0. The van der Waals surface area contributed by atoms with Crippen molar-refractivity contribution in [2.75, 3.05) is 26.4 Å². The van der Waals surface area contributed by atoms with Gasteiger partial charge in [-0.2, -0.15) is 0 Å². The van der Waals surface area contributed by atoms with Crippen LogP contribution in [-0.2, 0) is 14.3 Å². The predicted octanol–water partition coefficient (Wildman–Crippen LogP) is 3.34. The molecule has 1 N–H and O–H groups in total. The highest BCUT2D eigenvalue weighted by Crippen LogP contribution is 2.25. The molecule has 4 heteroatoms. The third-order valence-electron chi connectivity index (χ3n) is 3.58. The van der Waals surface area contributed by atoms with E-state index in [2.05, 4.69) is 5.32 Å². The molecule has 0 spiro atoms. The fourth-order valence-corrected chi connectivity index (χ4v) is 2.40. The summed E-state index contributed by atoms with van der Waals surface area (Å²) in [6, 6.07) is 19.9. The van der Waals surface area contributed by atoms with Crippen LogP contribution in [0.1, 0.15) is 30.6 Å². The second-order valence-corrected chi connectivity index (χ2v) is 5.41. The molecular weight excluding hydrogens is 302 g/mol. The molecule has 2 aromatic carbocycles. The lowest BCUT2D eigenvalue weighted by Gasteiger charge is -2.18. The molecule has 0 saturated heterocycles. The summed E-state index contributed by atoms with van der Waals surface area (Å²) in [5, 5.41) is 2.86. The molecule has 0 unspecified atom stereocenters.